The van der Waals surface area contributed by atoms with Crippen LogP contribution in [0.25, 0.3) is 0 Å². The second-order valence-corrected chi connectivity index (χ2v) is 7.94. The molecule has 3 rings (SSSR count). The fourth-order valence-electron chi connectivity index (χ4n) is 3.35. The molecule has 1 saturated carbocycles. The number of aliphatic hydroxyl groups excluding tert-OH is 1. The lowest BCUT2D eigenvalue weighted by molar-refractivity contribution is 0.129. The van der Waals surface area contributed by atoms with Crippen molar-refractivity contribution < 1.29 is 13.5 Å². The average molecular weight is 295 g/mol. The first kappa shape index (κ1) is 14.0. The first-order valence-electron chi connectivity index (χ1n) is 7.31. The summed E-state index contributed by atoms with van der Waals surface area (Å²) >= 11 is 0. The maximum Gasteiger partial charge on any atom is 0.178 e. The van der Waals surface area contributed by atoms with Crippen LogP contribution in [0.5, 0.6) is 0 Å². The van der Waals surface area contributed by atoms with E-state index in [0.717, 1.165) is 31.4 Å². The average Bonchev–Trinajstić information content (AvgIpc) is 2.84. The number of hydrogen-bond donors (Lipinski definition) is 2. The number of nitrogens with one attached hydrogen (secondary N) is 1. The molecule has 4 nitrogen and oxygen atoms in total. The first-order valence-corrected chi connectivity index (χ1v) is 8.96. The maximum atomic E-state index is 12.1. The van der Waals surface area contributed by atoms with Crippen LogP contribution in [0.3, 0.4) is 0 Å². The number of rotatable bonds is 3. The Morgan fingerprint density at radius 2 is 2.00 bits per heavy atom. The van der Waals surface area contributed by atoms with Crippen LogP contribution in [0.1, 0.15) is 37.3 Å². The molecule has 110 valence electrons. The fourth-order valence-corrected chi connectivity index (χ4v) is 4.97. The highest BCUT2D eigenvalue weighted by Crippen LogP contribution is 2.33. The molecule has 3 unspecified atom stereocenters. The molecule has 0 spiro atoms. The van der Waals surface area contributed by atoms with Gasteiger partial charge < -0.3 is 10.4 Å². The van der Waals surface area contributed by atoms with Gasteiger partial charge in [-0.2, -0.15) is 0 Å². The molecule has 0 saturated heterocycles. The van der Waals surface area contributed by atoms with Crippen molar-refractivity contribution in [3.63, 3.8) is 0 Å². The number of fused-ring (bicyclic) bond motifs is 1. The van der Waals surface area contributed by atoms with Crippen molar-refractivity contribution in [3.05, 3.63) is 29.8 Å². The highest BCUT2D eigenvalue weighted by atomic mass is 32.2. The molecule has 3 atom stereocenters. The van der Waals surface area contributed by atoms with E-state index in [1.54, 1.807) is 12.1 Å². The number of aliphatic hydroxyl groups is 1. The Hall–Kier alpha value is -0.910. The number of sulfone groups is 1. The van der Waals surface area contributed by atoms with Crippen molar-refractivity contribution in [1.82, 2.24) is 5.32 Å². The molecule has 1 fully saturated rings. The van der Waals surface area contributed by atoms with E-state index in [-0.39, 0.29) is 17.9 Å². The van der Waals surface area contributed by atoms with E-state index >= 15 is 0 Å². The summed E-state index contributed by atoms with van der Waals surface area (Å²) in [4.78, 5) is 0.468. The second kappa shape index (κ2) is 5.47. The van der Waals surface area contributed by atoms with Crippen LogP contribution in [0.4, 0.5) is 0 Å². The predicted molar refractivity (Wildman–Crippen MR) is 77.2 cm³/mol. The second-order valence-electron chi connectivity index (χ2n) is 5.86. The number of benzene rings is 1. The molecule has 5 heteroatoms. The summed E-state index contributed by atoms with van der Waals surface area (Å²) in [5, 5.41) is 13.3. The Kier molecular flexibility index (Phi) is 3.84. The Labute approximate surface area is 120 Å². The van der Waals surface area contributed by atoms with Gasteiger partial charge in [-0.1, -0.05) is 24.6 Å². The summed E-state index contributed by atoms with van der Waals surface area (Å²) in [6.45, 7) is 0.764. The van der Waals surface area contributed by atoms with E-state index in [4.69, 9.17) is 0 Å². The summed E-state index contributed by atoms with van der Waals surface area (Å²) in [6.07, 6.45) is 3.44. The van der Waals surface area contributed by atoms with Gasteiger partial charge in [0.05, 0.1) is 16.8 Å². The smallest absolute Gasteiger partial charge is 0.178 e. The van der Waals surface area contributed by atoms with Crippen molar-refractivity contribution in [3.8, 4) is 0 Å². The SMILES string of the molecule is O=S1(=O)CCC(NCC2CCCC2O)c2ccccc21. The highest BCUT2D eigenvalue weighted by Gasteiger charge is 2.31. The molecule has 1 aromatic carbocycles. The van der Waals surface area contributed by atoms with Crippen LogP contribution in [0, 0.1) is 5.92 Å². The van der Waals surface area contributed by atoms with Gasteiger partial charge in [-0.25, -0.2) is 8.42 Å². The van der Waals surface area contributed by atoms with Gasteiger partial charge in [0.2, 0.25) is 0 Å². The number of hydrogen-bond acceptors (Lipinski definition) is 4. The summed E-state index contributed by atoms with van der Waals surface area (Å²) in [5.41, 5.74) is 0.881. The van der Waals surface area contributed by atoms with Crippen molar-refractivity contribution in [2.45, 2.75) is 42.7 Å². The molecule has 1 aliphatic carbocycles. The normalized spacial score (nSPS) is 31.9. The van der Waals surface area contributed by atoms with Gasteiger partial charge in [0.1, 0.15) is 0 Å². The largest absolute Gasteiger partial charge is 0.393 e. The molecule has 0 bridgehead atoms. The molecule has 1 heterocycles. The van der Waals surface area contributed by atoms with E-state index in [2.05, 4.69) is 5.32 Å². The first-order chi connectivity index (χ1) is 9.58. The van der Waals surface area contributed by atoms with E-state index in [1.807, 2.05) is 12.1 Å². The molecule has 1 aromatic rings. The molecule has 1 aliphatic heterocycles. The minimum atomic E-state index is -3.11. The predicted octanol–water partition coefficient (Wildman–Crippen LogP) is 1.66. The zero-order valence-corrected chi connectivity index (χ0v) is 12.3. The summed E-state index contributed by atoms with van der Waals surface area (Å²) in [6, 6.07) is 7.35. The van der Waals surface area contributed by atoms with Gasteiger partial charge in [0, 0.05) is 12.6 Å². The van der Waals surface area contributed by atoms with Crippen LogP contribution in [-0.4, -0.2) is 31.9 Å². The van der Waals surface area contributed by atoms with Gasteiger partial charge in [0.25, 0.3) is 0 Å². The molecule has 0 aromatic heterocycles. The van der Waals surface area contributed by atoms with Crippen LogP contribution < -0.4 is 5.32 Å². The molecule has 2 aliphatic rings. The van der Waals surface area contributed by atoms with Crippen molar-refractivity contribution in [2.24, 2.45) is 5.92 Å². The van der Waals surface area contributed by atoms with E-state index in [1.165, 1.54) is 0 Å². The van der Waals surface area contributed by atoms with Gasteiger partial charge in [-0.05, 0) is 36.8 Å². The molecule has 0 radical (unpaired) electrons. The van der Waals surface area contributed by atoms with E-state index in [0.29, 0.717) is 17.2 Å². The van der Waals surface area contributed by atoms with Crippen molar-refractivity contribution in [2.75, 3.05) is 12.3 Å². The van der Waals surface area contributed by atoms with Gasteiger partial charge >= 0.3 is 0 Å². The van der Waals surface area contributed by atoms with E-state index < -0.39 is 9.84 Å². The van der Waals surface area contributed by atoms with Crippen LogP contribution in [0.15, 0.2) is 29.2 Å². The lowest BCUT2D eigenvalue weighted by atomic mass is 10.0. The molecule has 20 heavy (non-hydrogen) atoms. The third-order valence-corrected chi connectivity index (χ3v) is 6.37. The van der Waals surface area contributed by atoms with Gasteiger partial charge in [-0.3, -0.25) is 0 Å². The maximum absolute atomic E-state index is 12.1. The Morgan fingerprint density at radius 1 is 1.20 bits per heavy atom. The summed E-state index contributed by atoms with van der Waals surface area (Å²) in [7, 11) is -3.11. The standard InChI is InChI=1S/C15H21NO3S/c17-14-6-3-4-11(14)10-16-13-8-9-20(18,19)15-7-2-1-5-12(13)15/h1-2,5,7,11,13-14,16-17H,3-4,6,8-10H2. The highest BCUT2D eigenvalue weighted by molar-refractivity contribution is 7.91. The van der Waals surface area contributed by atoms with Gasteiger partial charge in [-0.15, -0.1) is 0 Å². The quantitative estimate of drug-likeness (QED) is 0.890. The third kappa shape index (κ3) is 2.62. The minimum absolute atomic E-state index is 0.0857. The summed E-state index contributed by atoms with van der Waals surface area (Å²) < 4.78 is 24.1. The molecule has 0 amide bonds. The molecule has 2 N–H and O–H groups in total. The van der Waals surface area contributed by atoms with Crippen molar-refractivity contribution >= 4 is 9.84 Å². The Morgan fingerprint density at radius 3 is 2.75 bits per heavy atom. The lowest BCUT2D eigenvalue weighted by Gasteiger charge is -2.28. The van der Waals surface area contributed by atoms with Crippen LogP contribution >= 0.6 is 0 Å². The Balaban J connectivity index is 1.75. The molecular formula is C15H21NO3S. The van der Waals surface area contributed by atoms with Crippen LogP contribution in [0.2, 0.25) is 0 Å². The van der Waals surface area contributed by atoms with Gasteiger partial charge in [0.15, 0.2) is 9.84 Å². The minimum Gasteiger partial charge on any atom is -0.393 e. The fraction of sp³-hybridized carbons (Fsp3) is 0.600. The van der Waals surface area contributed by atoms with E-state index in [9.17, 15) is 13.5 Å². The topological polar surface area (TPSA) is 66.4 Å². The molecular weight excluding hydrogens is 274 g/mol. The zero-order valence-electron chi connectivity index (χ0n) is 11.5. The Bertz CT molecular complexity index is 585. The van der Waals surface area contributed by atoms with Crippen molar-refractivity contribution in [1.29, 1.82) is 0 Å². The summed E-state index contributed by atoms with van der Waals surface area (Å²) in [5.74, 6) is 0.509. The van der Waals surface area contributed by atoms with Crippen LogP contribution in [-0.2, 0) is 9.84 Å². The zero-order chi connectivity index (χ0) is 14.2. The third-order valence-electron chi connectivity index (χ3n) is 4.55. The lowest BCUT2D eigenvalue weighted by Crippen LogP contribution is -2.34. The monoisotopic (exact) mass is 295 g/mol.